The fraction of sp³-hybridized carbons (Fsp3) is 0.538. The summed E-state index contributed by atoms with van der Waals surface area (Å²) in [7, 11) is 0. The van der Waals surface area contributed by atoms with Crippen molar-refractivity contribution >= 4 is 11.6 Å². The fourth-order valence-corrected chi connectivity index (χ4v) is 2.49. The molecule has 2 aromatic rings. The molecule has 0 spiro atoms. The maximum Gasteiger partial charge on any atom is 0.243 e. The second-order valence-electron chi connectivity index (χ2n) is 5.17. The van der Waals surface area contributed by atoms with Gasteiger partial charge in [-0.05, 0) is 44.9 Å². The first-order valence-corrected chi connectivity index (χ1v) is 6.53. The van der Waals surface area contributed by atoms with E-state index >= 15 is 0 Å². The van der Waals surface area contributed by atoms with Crippen LogP contribution in [0.3, 0.4) is 0 Å². The Hall–Kier alpha value is -1.62. The average molecular weight is 245 g/mol. The van der Waals surface area contributed by atoms with E-state index in [-0.39, 0.29) is 0 Å². The topological polar surface area (TPSA) is 54.2 Å². The molecule has 0 aromatic carbocycles. The van der Waals surface area contributed by atoms with E-state index in [1.807, 2.05) is 16.8 Å². The summed E-state index contributed by atoms with van der Waals surface area (Å²) in [6, 6.07) is 5.09. The minimum Gasteiger partial charge on any atom is -0.350 e. The molecule has 2 unspecified atom stereocenters. The van der Waals surface area contributed by atoms with E-state index in [0.717, 1.165) is 31.0 Å². The Morgan fingerprint density at radius 3 is 3.17 bits per heavy atom. The van der Waals surface area contributed by atoms with Gasteiger partial charge in [0, 0.05) is 18.3 Å². The Balaban J connectivity index is 1.78. The molecule has 5 nitrogen and oxygen atoms in total. The zero-order valence-corrected chi connectivity index (χ0v) is 10.8. The predicted octanol–water partition coefficient (Wildman–Crippen LogP) is 1.59. The van der Waals surface area contributed by atoms with Crippen molar-refractivity contribution < 1.29 is 0 Å². The lowest BCUT2D eigenvalue weighted by molar-refractivity contribution is 0.395. The van der Waals surface area contributed by atoms with Crippen LogP contribution < -0.4 is 10.6 Å². The number of anilines is 1. The van der Waals surface area contributed by atoms with Gasteiger partial charge in [0.2, 0.25) is 5.95 Å². The average Bonchev–Trinajstić information content (AvgIpc) is 2.70. The van der Waals surface area contributed by atoms with Crippen LogP contribution in [0, 0.1) is 6.92 Å². The lowest BCUT2D eigenvalue weighted by Gasteiger charge is -2.28. The molecule has 2 N–H and O–H groups in total. The van der Waals surface area contributed by atoms with Crippen LogP contribution >= 0.6 is 0 Å². The zero-order valence-electron chi connectivity index (χ0n) is 10.8. The summed E-state index contributed by atoms with van der Waals surface area (Å²) < 4.78 is 1.84. The summed E-state index contributed by atoms with van der Waals surface area (Å²) >= 11 is 0. The van der Waals surface area contributed by atoms with Crippen LogP contribution in [0.2, 0.25) is 0 Å². The standard InChI is InChI=1S/C13H19N5/c1-9-3-4-12-16-13(17-18(12)8-9)15-11-5-6-14-10(2)7-11/h3-4,8,10-11,14H,5-7H2,1-2H3,(H,15,17). The van der Waals surface area contributed by atoms with E-state index in [1.54, 1.807) is 0 Å². The number of fused-ring (bicyclic) bond motifs is 1. The van der Waals surface area contributed by atoms with Gasteiger partial charge in [0.05, 0.1) is 0 Å². The highest BCUT2D eigenvalue weighted by Gasteiger charge is 2.19. The largest absolute Gasteiger partial charge is 0.350 e. The van der Waals surface area contributed by atoms with Crippen LogP contribution in [0.5, 0.6) is 0 Å². The maximum atomic E-state index is 4.49. The zero-order chi connectivity index (χ0) is 12.5. The molecule has 3 rings (SSSR count). The van der Waals surface area contributed by atoms with E-state index in [9.17, 15) is 0 Å². The van der Waals surface area contributed by atoms with Gasteiger partial charge >= 0.3 is 0 Å². The third-order valence-electron chi connectivity index (χ3n) is 3.44. The number of aromatic nitrogens is 3. The minimum absolute atomic E-state index is 0.472. The van der Waals surface area contributed by atoms with Crippen LogP contribution in [0.1, 0.15) is 25.3 Å². The molecule has 1 fully saturated rings. The quantitative estimate of drug-likeness (QED) is 0.843. The van der Waals surface area contributed by atoms with Crippen LogP contribution in [0.25, 0.3) is 5.65 Å². The number of nitrogens with one attached hydrogen (secondary N) is 2. The Kier molecular flexibility index (Phi) is 2.91. The van der Waals surface area contributed by atoms with Crippen molar-refractivity contribution in [2.24, 2.45) is 0 Å². The number of nitrogens with zero attached hydrogens (tertiary/aromatic N) is 3. The van der Waals surface area contributed by atoms with Crippen molar-refractivity contribution in [3.05, 3.63) is 23.9 Å². The highest BCUT2D eigenvalue weighted by atomic mass is 15.3. The molecule has 0 aliphatic carbocycles. The first-order chi connectivity index (χ1) is 8.70. The van der Waals surface area contributed by atoms with Crippen LogP contribution in [-0.4, -0.2) is 33.2 Å². The Morgan fingerprint density at radius 2 is 2.33 bits per heavy atom. The Labute approximate surface area is 107 Å². The van der Waals surface area contributed by atoms with E-state index in [2.05, 4.69) is 40.6 Å². The molecule has 0 radical (unpaired) electrons. The van der Waals surface area contributed by atoms with Gasteiger partial charge in [-0.2, -0.15) is 4.98 Å². The second kappa shape index (κ2) is 4.57. The molecule has 1 saturated heterocycles. The molecule has 96 valence electrons. The van der Waals surface area contributed by atoms with Crippen molar-refractivity contribution in [2.75, 3.05) is 11.9 Å². The summed E-state index contributed by atoms with van der Waals surface area (Å²) in [5, 5.41) is 11.3. The Bertz CT molecular complexity index is 547. The lowest BCUT2D eigenvalue weighted by atomic mass is 10.0. The normalized spacial score (nSPS) is 24.3. The summed E-state index contributed by atoms with van der Waals surface area (Å²) in [4.78, 5) is 4.49. The number of pyridine rings is 1. The predicted molar refractivity (Wildman–Crippen MR) is 71.8 cm³/mol. The third-order valence-corrected chi connectivity index (χ3v) is 3.44. The fourth-order valence-electron chi connectivity index (χ4n) is 2.49. The third kappa shape index (κ3) is 2.31. The molecule has 18 heavy (non-hydrogen) atoms. The van der Waals surface area contributed by atoms with E-state index < -0.39 is 0 Å². The van der Waals surface area contributed by atoms with E-state index in [4.69, 9.17) is 0 Å². The van der Waals surface area contributed by atoms with E-state index in [1.165, 1.54) is 5.56 Å². The van der Waals surface area contributed by atoms with Gasteiger partial charge in [0.1, 0.15) is 0 Å². The van der Waals surface area contributed by atoms with Crippen LogP contribution in [0.4, 0.5) is 5.95 Å². The molecular formula is C13H19N5. The molecule has 2 atom stereocenters. The molecule has 1 aliphatic heterocycles. The van der Waals surface area contributed by atoms with Crippen molar-refractivity contribution in [2.45, 2.75) is 38.8 Å². The monoisotopic (exact) mass is 245 g/mol. The summed E-state index contributed by atoms with van der Waals surface area (Å²) in [5.74, 6) is 0.736. The van der Waals surface area contributed by atoms with Crippen LogP contribution in [0.15, 0.2) is 18.3 Å². The van der Waals surface area contributed by atoms with Gasteiger partial charge in [-0.15, -0.1) is 5.10 Å². The summed E-state index contributed by atoms with van der Waals surface area (Å²) in [6.45, 7) is 5.34. The second-order valence-corrected chi connectivity index (χ2v) is 5.17. The molecule has 0 saturated carbocycles. The van der Waals surface area contributed by atoms with Crippen LogP contribution in [-0.2, 0) is 0 Å². The molecule has 1 aliphatic rings. The molecular weight excluding hydrogens is 226 g/mol. The first kappa shape index (κ1) is 11.5. The number of rotatable bonds is 2. The Morgan fingerprint density at radius 1 is 1.44 bits per heavy atom. The molecule has 5 heteroatoms. The summed E-state index contributed by atoms with van der Waals surface area (Å²) in [5.41, 5.74) is 2.08. The lowest BCUT2D eigenvalue weighted by Crippen LogP contribution is -2.41. The van der Waals surface area contributed by atoms with Crippen molar-refractivity contribution in [3.63, 3.8) is 0 Å². The van der Waals surface area contributed by atoms with E-state index in [0.29, 0.717) is 12.1 Å². The smallest absolute Gasteiger partial charge is 0.243 e. The van der Waals surface area contributed by atoms with Gasteiger partial charge in [-0.3, -0.25) is 0 Å². The van der Waals surface area contributed by atoms with Crippen molar-refractivity contribution in [1.29, 1.82) is 0 Å². The van der Waals surface area contributed by atoms with Gasteiger partial charge in [-0.1, -0.05) is 6.07 Å². The number of hydrogen-bond acceptors (Lipinski definition) is 4. The maximum absolute atomic E-state index is 4.49. The molecule has 0 bridgehead atoms. The number of piperidine rings is 1. The highest BCUT2D eigenvalue weighted by Crippen LogP contribution is 2.14. The number of aryl methyl sites for hydroxylation is 1. The van der Waals surface area contributed by atoms with Crippen molar-refractivity contribution in [3.8, 4) is 0 Å². The van der Waals surface area contributed by atoms with Crippen molar-refractivity contribution in [1.82, 2.24) is 19.9 Å². The van der Waals surface area contributed by atoms with Gasteiger partial charge in [-0.25, -0.2) is 4.52 Å². The van der Waals surface area contributed by atoms with Gasteiger partial charge in [0.25, 0.3) is 0 Å². The SMILES string of the molecule is Cc1ccc2nc(NC3CCNC(C)C3)nn2c1. The molecule has 2 aromatic heterocycles. The number of hydrogen-bond donors (Lipinski definition) is 2. The first-order valence-electron chi connectivity index (χ1n) is 6.53. The van der Waals surface area contributed by atoms with Gasteiger partial charge < -0.3 is 10.6 Å². The highest BCUT2D eigenvalue weighted by molar-refractivity contribution is 5.44. The summed E-state index contributed by atoms with van der Waals surface area (Å²) in [6.07, 6.45) is 4.24. The van der Waals surface area contributed by atoms with Gasteiger partial charge in [0.15, 0.2) is 5.65 Å². The molecule has 0 amide bonds. The minimum atomic E-state index is 0.472. The molecule has 3 heterocycles.